The Morgan fingerprint density at radius 2 is 2.11 bits per heavy atom. The van der Waals surface area contributed by atoms with Crippen LogP contribution >= 0.6 is 0 Å². The molecule has 0 aliphatic carbocycles. The second-order valence-corrected chi connectivity index (χ2v) is 5.18. The van der Waals surface area contributed by atoms with Crippen LogP contribution in [-0.4, -0.2) is 26.8 Å². The smallest absolute Gasteiger partial charge is 0.0865 e. The first-order valence-corrected chi connectivity index (χ1v) is 7.25. The van der Waals surface area contributed by atoms with Crippen LogP contribution in [0.15, 0.2) is 24.3 Å². The highest BCUT2D eigenvalue weighted by atomic mass is 16.5. The summed E-state index contributed by atoms with van der Waals surface area (Å²) >= 11 is 0. The lowest BCUT2D eigenvalue weighted by molar-refractivity contribution is -0.0276. The van der Waals surface area contributed by atoms with E-state index in [1.54, 1.807) is 7.11 Å². The molecule has 1 aliphatic rings. The third kappa shape index (κ3) is 4.03. The van der Waals surface area contributed by atoms with Gasteiger partial charge in [-0.05, 0) is 30.5 Å². The lowest BCUT2D eigenvalue weighted by Crippen LogP contribution is -2.31. The fraction of sp³-hybridized carbons (Fsp3) is 0.625. The molecule has 0 radical (unpaired) electrons. The maximum atomic E-state index is 6.00. The van der Waals surface area contributed by atoms with Crippen LogP contribution in [0.4, 0.5) is 0 Å². The molecule has 1 aromatic rings. The summed E-state index contributed by atoms with van der Waals surface area (Å²) in [5.41, 5.74) is 2.51. The Balaban J connectivity index is 2.03. The van der Waals surface area contributed by atoms with E-state index in [1.165, 1.54) is 24.0 Å². The molecule has 1 N–H and O–H groups in total. The van der Waals surface area contributed by atoms with Gasteiger partial charge in [-0.1, -0.05) is 31.2 Å². The van der Waals surface area contributed by atoms with Gasteiger partial charge < -0.3 is 14.8 Å². The summed E-state index contributed by atoms with van der Waals surface area (Å²) < 4.78 is 11.1. The number of ether oxygens (including phenoxy) is 2. The highest BCUT2D eigenvalue weighted by Crippen LogP contribution is 2.33. The van der Waals surface area contributed by atoms with Crippen LogP contribution < -0.4 is 5.32 Å². The molecule has 0 spiro atoms. The number of benzene rings is 1. The van der Waals surface area contributed by atoms with Crippen molar-refractivity contribution in [3.63, 3.8) is 0 Å². The van der Waals surface area contributed by atoms with Crippen LogP contribution in [0, 0.1) is 5.92 Å². The zero-order valence-corrected chi connectivity index (χ0v) is 12.0. The van der Waals surface area contributed by atoms with Crippen molar-refractivity contribution in [2.75, 3.05) is 26.8 Å². The van der Waals surface area contributed by atoms with Crippen molar-refractivity contribution in [3.05, 3.63) is 35.4 Å². The second kappa shape index (κ2) is 7.63. The summed E-state index contributed by atoms with van der Waals surface area (Å²) in [5.74, 6) is 0.585. The van der Waals surface area contributed by atoms with E-state index in [2.05, 4.69) is 36.5 Å². The number of hydrogen-bond donors (Lipinski definition) is 1. The fourth-order valence-corrected chi connectivity index (χ4v) is 2.72. The monoisotopic (exact) mass is 263 g/mol. The summed E-state index contributed by atoms with van der Waals surface area (Å²) in [7, 11) is 1.73. The molecule has 3 nitrogen and oxygen atoms in total. The largest absolute Gasteiger partial charge is 0.380 e. The summed E-state index contributed by atoms with van der Waals surface area (Å²) in [6.07, 6.45) is 2.66. The van der Waals surface area contributed by atoms with Crippen molar-refractivity contribution in [2.45, 2.75) is 32.5 Å². The van der Waals surface area contributed by atoms with E-state index >= 15 is 0 Å². The van der Waals surface area contributed by atoms with Crippen LogP contribution in [0.2, 0.25) is 0 Å². The topological polar surface area (TPSA) is 30.5 Å². The van der Waals surface area contributed by atoms with E-state index in [0.717, 1.165) is 19.7 Å². The number of methoxy groups -OCH3 is 1. The van der Waals surface area contributed by atoms with Crippen LogP contribution in [-0.2, 0) is 16.1 Å². The van der Waals surface area contributed by atoms with Gasteiger partial charge in [0.15, 0.2) is 0 Å². The molecule has 2 atom stereocenters. The van der Waals surface area contributed by atoms with Crippen molar-refractivity contribution < 1.29 is 9.47 Å². The molecule has 2 rings (SSSR count). The molecule has 19 heavy (non-hydrogen) atoms. The quantitative estimate of drug-likeness (QED) is 0.856. The molecule has 1 aromatic carbocycles. The minimum Gasteiger partial charge on any atom is -0.380 e. The van der Waals surface area contributed by atoms with Crippen LogP contribution in [0.5, 0.6) is 0 Å². The van der Waals surface area contributed by atoms with Gasteiger partial charge in [0.05, 0.1) is 12.7 Å². The predicted octanol–water partition coefficient (Wildman–Crippen LogP) is 2.91. The molecule has 0 bridgehead atoms. The Kier molecular flexibility index (Phi) is 5.83. The molecular weight excluding hydrogens is 238 g/mol. The van der Waals surface area contributed by atoms with E-state index in [0.29, 0.717) is 12.5 Å². The first kappa shape index (κ1) is 14.5. The third-order valence-corrected chi connectivity index (χ3v) is 3.72. The highest BCUT2D eigenvalue weighted by molar-refractivity contribution is 5.24. The molecule has 1 aliphatic heterocycles. The summed E-state index contributed by atoms with van der Waals surface area (Å²) in [4.78, 5) is 0. The number of hydrogen-bond acceptors (Lipinski definition) is 3. The van der Waals surface area contributed by atoms with E-state index in [4.69, 9.17) is 9.47 Å². The van der Waals surface area contributed by atoms with E-state index in [-0.39, 0.29) is 6.10 Å². The van der Waals surface area contributed by atoms with Crippen molar-refractivity contribution in [1.82, 2.24) is 5.32 Å². The van der Waals surface area contributed by atoms with Gasteiger partial charge in [0.1, 0.15) is 0 Å². The Hall–Kier alpha value is -0.900. The summed E-state index contributed by atoms with van der Waals surface area (Å²) in [6.45, 7) is 5.77. The first-order valence-electron chi connectivity index (χ1n) is 7.25. The van der Waals surface area contributed by atoms with E-state index < -0.39 is 0 Å². The van der Waals surface area contributed by atoms with E-state index in [1.807, 2.05) is 0 Å². The minimum absolute atomic E-state index is 0.240. The molecule has 1 fully saturated rings. The standard InChI is InChI=1S/C16H25NO2/c1-3-17-11-15-5-4-10-19-16(15)14-8-6-13(7-9-14)12-18-2/h6-9,15-17H,3-5,10-12H2,1-2H3. The van der Waals surface area contributed by atoms with Crippen molar-refractivity contribution in [2.24, 2.45) is 5.92 Å². The SMILES string of the molecule is CCNCC1CCCOC1c1ccc(COC)cc1. The van der Waals surface area contributed by atoms with Gasteiger partial charge in [-0.3, -0.25) is 0 Å². The van der Waals surface area contributed by atoms with Gasteiger partial charge in [0, 0.05) is 26.2 Å². The van der Waals surface area contributed by atoms with Gasteiger partial charge >= 0.3 is 0 Å². The zero-order chi connectivity index (χ0) is 13.5. The molecule has 1 saturated heterocycles. The van der Waals surface area contributed by atoms with Gasteiger partial charge in [-0.2, -0.15) is 0 Å². The van der Waals surface area contributed by atoms with Gasteiger partial charge in [-0.15, -0.1) is 0 Å². The maximum Gasteiger partial charge on any atom is 0.0865 e. The fourth-order valence-electron chi connectivity index (χ4n) is 2.72. The van der Waals surface area contributed by atoms with E-state index in [9.17, 15) is 0 Å². The van der Waals surface area contributed by atoms with Crippen molar-refractivity contribution >= 4 is 0 Å². The van der Waals surface area contributed by atoms with Crippen molar-refractivity contribution in [1.29, 1.82) is 0 Å². The Morgan fingerprint density at radius 3 is 2.79 bits per heavy atom. The van der Waals surface area contributed by atoms with Crippen molar-refractivity contribution in [3.8, 4) is 0 Å². The number of nitrogens with one attached hydrogen (secondary N) is 1. The molecular formula is C16H25NO2. The molecule has 0 saturated carbocycles. The van der Waals surface area contributed by atoms with Gasteiger partial charge in [0.2, 0.25) is 0 Å². The Morgan fingerprint density at radius 1 is 1.32 bits per heavy atom. The first-order chi connectivity index (χ1) is 9.35. The molecule has 0 aromatic heterocycles. The lowest BCUT2D eigenvalue weighted by Gasteiger charge is -2.32. The van der Waals surface area contributed by atoms with Gasteiger partial charge in [-0.25, -0.2) is 0 Å². The Bertz CT molecular complexity index is 364. The second-order valence-electron chi connectivity index (χ2n) is 5.18. The third-order valence-electron chi connectivity index (χ3n) is 3.72. The maximum absolute atomic E-state index is 6.00. The zero-order valence-electron chi connectivity index (χ0n) is 12.0. The highest BCUT2D eigenvalue weighted by Gasteiger charge is 2.26. The predicted molar refractivity (Wildman–Crippen MR) is 77.1 cm³/mol. The van der Waals surface area contributed by atoms with Crippen LogP contribution in [0.1, 0.15) is 37.0 Å². The summed E-state index contributed by atoms with van der Waals surface area (Å²) in [5, 5.41) is 3.45. The lowest BCUT2D eigenvalue weighted by atomic mass is 9.89. The van der Waals surface area contributed by atoms with Gasteiger partial charge in [0.25, 0.3) is 0 Å². The average Bonchev–Trinajstić information content (AvgIpc) is 2.47. The molecule has 0 amide bonds. The molecule has 106 valence electrons. The number of rotatable bonds is 6. The Labute approximate surface area is 116 Å². The molecule has 2 unspecified atom stereocenters. The molecule has 3 heteroatoms. The van der Waals surface area contributed by atoms with Crippen LogP contribution in [0.25, 0.3) is 0 Å². The molecule has 1 heterocycles. The van der Waals surface area contributed by atoms with Crippen LogP contribution in [0.3, 0.4) is 0 Å². The normalized spacial score (nSPS) is 23.5. The summed E-state index contributed by atoms with van der Waals surface area (Å²) in [6, 6.07) is 8.65. The minimum atomic E-state index is 0.240. The average molecular weight is 263 g/mol.